The Morgan fingerprint density at radius 2 is 2.33 bits per heavy atom. The van der Waals surface area contributed by atoms with Crippen LogP contribution in [-0.2, 0) is 0 Å². The summed E-state index contributed by atoms with van der Waals surface area (Å²) in [5, 5.41) is 21.8. The third kappa shape index (κ3) is 2.57. The number of hydrogen-bond acceptors (Lipinski definition) is 4. The molecular weight excluding hydrogens is 244 g/mol. The van der Waals surface area contributed by atoms with E-state index in [-0.39, 0.29) is 0 Å². The topological polar surface area (TPSA) is 56.9 Å². The van der Waals surface area contributed by atoms with E-state index in [2.05, 4.69) is 18.0 Å². The lowest BCUT2D eigenvalue weighted by Gasteiger charge is -2.37. The molecule has 1 heterocycles. The number of hydrogen-bond donors (Lipinski definition) is 1. The minimum atomic E-state index is -0.726. The summed E-state index contributed by atoms with van der Waals surface area (Å²) in [6, 6.07) is 2.38. The minimum absolute atomic E-state index is 0.613. The number of rotatable bonds is 4. The summed E-state index contributed by atoms with van der Waals surface area (Å²) in [7, 11) is 0. The van der Waals surface area contributed by atoms with Crippen molar-refractivity contribution < 1.29 is 5.11 Å². The molecule has 0 radical (unpaired) electrons. The summed E-state index contributed by atoms with van der Waals surface area (Å²) in [5.41, 5.74) is 1.76. The molecule has 98 valence electrons. The van der Waals surface area contributed by atoms with Gasteiger partial charge < -0.3 is 5.11 Å². The van der Waals surface area contributed by atoms with Crippen molar-refractivity contribution in [2.75, 3.05) is 0 Å². The van der Waals surface area contributed by atoms with Crippen molar-refractivity contribution in [3.8, 4) is 6.07 Å². The second kappa shape index (κ2) is 5.81. The van der Waals surface area contributed by atoms with E-state index < -0.39 is 11.5 Å². The maximum absolute atomic E-state index is 10.4. The van der Waals surface area contributed by atoms with Crippen LogP contribution in [0, 0.1) is 22.7 Å². The highest BCUT2D eigenvalue weighted by molar-refractivity contribution is 7.07. The molecule has 1 unspecified atom stereocenters. The molecule has 0 amide bonds. The molecule has 0 spiro atoms. The summed E-state index contributed by atoms with van der Waals surface area (Å²) in [4.78, 5) is 4.16. The van der Waals surface area contributed by atoms with Gasteiger partial charge in [0.15, 0.2) is 0 Å². The van der Waals surface area contributed by atoms with Crippen LogP contribution in [0.2, 0.25) is 0 Å². The Balaban J connectivity index is 2.07. The first kappa shape index (κ1) is 13.5. The molecule has 4 heteroatoms. The van der Waals surface area contributed by atoms with Crippen LogP contribution in [-0.4, -0.2) is 10.1 Å². The van der Waals surface area contributed by atoms with E-state index in [9.17, 15) is 10.4 Å². The first-order chi connectivity index (χ1) is 8.72. The maximum Gasteiger partial charge on any atom is 0.115 e. The van der Waals surface area contributed by atoms with Crippen LogP contribution in [0.1, 0.15) is 57.2 Å². The highest BCUT2D eigenvalue weighted by Gasteiger charge is 2.42. The fourth-order valence-corrected chi connectivity index (χ4v) is 3.55. The molecule has 1 fully saturated rings. The second-order valence-corrected chi connectivity index (χ2v) is 6.03. The quantitative estimate of drug-likeness (QED) is 0.902. The van der Waals surface area contributed by atoms with Crippen molar-refractivity contribution in [1.29, 1.82) is 5.26 Å². The molecule has 1 atom stereocenters. The van der Waals surface area contributed by atoms with Crippen LogP contribution in [0.5, 0.6) is 0 Å². The van der Waals surface area contributed by atoms with Crippen molar-refractivity contribution in [3.05, 3.63) is 16.6 Å². The fraction of sp³-hybridized carbons (Fsp3) is 0.714. The van der Waals surface area contributed by atoms with Crippen LogP contribution in [0.15, 0.2) is 10.9 Å². The standard InChI is InChI=1S/C14H20N2OS/c1-2-3-11-4-6-14(9-15,7-5-11)13(17)12-8-18-10-16-12/h8,10-11,13,17H,2-7H2,1H3. The monoisotopic (exact) mass is 264 g/mol. The molecule has 0 bridgehead atoms. The van der Waals surface area contributed by atoms with E-state index >= 15 is 0 Å². The van der Waals surface area contributed by atoms with Gasteiger partial charge in [0.2, 0.25) is 0 Å². The molecule has 0 saturated heterocycles. The Bertz CT molecular complexity index is 402. The Hall–Kier alpha value is -0.920. The van der Waals surface area contributed by atoms with Crippen molar-refractivity contribution in [1.82, 2.24) is 4.98 Å². The van der Waals surface area contributed by atoms with E-state index in [4.69, 9.17) is 0 Å². The summed E-state index contributed by atoms with van der Waals surface area (Å²) in [6.45, 7) is 2.20. The minimum Gasteiger partial charge on any atom is -0.385 e. The highest BCUT2D eigenvalue weighted by Crippen LogP contribution is 2.47. The molecule has 1 aliphatic rings. The van der Waals surface area contributed by atoms with Gasteiger partial charge in [-0.15, -0.1) is 11.3 Å². The zero-order chi connectivity index (χ0) is 13.0. The second-order valence-electron chi connectivity index (χ2n) is 5.32. The van der Waals surface area contributed by atoms with E-state index in [1.54, 1.807) is 5.51 Å². The lowest BCUT2D eigenvalue weighted by Crippen LogP contribution is -2.32. The summed E-state index contributed by atoms with van der Waals surface area (Å²) in [5.74, 6) is 0.735. The Kier molecular flexibility index (Phi) is 4.36. The number of nitrogens with zero attached hydrogens (tertiary/aromatic N) is 2. The smallest absolute Gasteiger partial charge is 0.115 e. The van der Waals surface area contributed by atoms with Crippen molar-refractivity contribution in [2.24, 2.45) is 11.3 Å². The van der Waals surface area contributed by atoms with Crippen LogP contribution in [0.3, 0.4) is 0 Å². The van der Waals surface area contributed by atoms with Crippen LogP contribution in [0.4, 0.5) is 0 Å². The molecule has 0 aromatic carbocycles. The first-order valence-corrected chi connectivity index (χ1v) is 7.63. The van der Waals surface area contributed by atoms with Crippen LogP contribution < -0.4 is 0 Å². The van der Waals surface area contributed by atoms with Gasteiger partial charge in [-0.05, 0) is 31.6 Å². The van der Waals surface area contributed by atoms with Gasteiger partial charge in [-0.3, -0.25) is 0 Å². The van der Waals surface area contributed by atoms with Crippen molar-refractivity contribution in [3.63, 3.8) is 0 Å². The average Bonchev–Trinajstić information content (AvgIpc) is 2.93. The number of nitriles is 1. The molecule has 3 nitrogen and oxygen atoms in total. The van der Waals surface area contributed by atoms with Gasteiger partial charge >= 0.3 is 0 Å². The lowest BCUT2D eigenvalue weighted by atomic mass is 9.67. The van der Waals surface area contributed by atoms with E-state index in [1.807, 2.05) is 5.38 Å². The zero-order valence-electron chi connectivity index (χ0n) is 10.8. The third-order valence-corrected chi connectivity index (χ3v) is 4.78. The number of aliphatic hydroxyl groups is 1. The number of aliphatic hydroxyl groups excluding tert-OH is 1. The molecule has 18 heavy (non-hydrogen) atoms. The third-order valence-electron chi connectivity index (χ3n) is 4.17. The van der Waals surface area contributed by atoms with E-state index in [0.717, 1.165) is 31.6 Å². The number of thiazole rings is 1. The molecule has 2 rings (SSSR count). The van der Waals surface area contributed by atoms with Gasteiger partial charge in [-0.1, -0.05) is 19.8 Å². The number of aromatic nitrogens is 1. The van der Waals surface area contributed by atoms with Crippen LogP contribution in [0.25, 0.3) is 0 Å². The van der Waals surface area contributed by atoms with Gasteiger partial charge in [0.05, 0.1) is 22.7 Å². The Labute approximate surface area is 112 Å². The largest absolute Gasteiger partial charge is 0.385 e. The van der Waals surface area contributed by atoms with Gasteiger partial charge in [0.25, 0.3) is 0 Å². The van der Waals surface area contributed by atoms with Gasteiger partial charge in [-0.2, -0.15) is 5.26 Å². The predicted octanol–water partition coefficient (Wildman–Crippen LogP) is 3.68. The Morgan fingerprint density at radius 1 is 1.61 bits per heavy atom. The van der Waals surface area contributed by atoms with Crippen LogP contribution >= 0.6 is 11.3 Å². The predicted molar refractivity (Wildman–Crippen MR) is 72.0 cm³/mol. The lowest BCUT2D eigenvalue weighted by molar-refractivity contribution is 0.0211. The SMILES string of the molecule is CCCC1CCC(C#N)(C(O)c2cscn2)CC1. The van der Waals surface area contributed by atoms with Gasteiger partial charge in [0.1, 0.15) is 6.10 Å². The Morgan fingerprint density at radius 3 is 2.83 bits per heavy atom. The zero-order valence-corrected chi connectivity index (χ0v) is 11.6. The molecule has 1 aromatic rings. The van der Waals surface area contributed by atoms with Gasteiger partial charge in [0, 0.05) is 5.38 Å². The fourth-order valence-electron chi connectivity index (χ4n) is 2.98. The van der Waals surface area contributed by atoms with Gasteiger partial charge in [-0.25, -0.2) is 4.98 Å². The first-order valence-electron chi connectivity index (χ1n) is 6.69. The molecule has 1 aromatic heterocycles. The summed E-state index contributed by atoms with van der Waals surface area (Å²) < 4.78 is 0. The normalized spacial score (nSPS) is 29.7. The maximum atomic E-state index is 10.4. The van der Waals surface area contributed by atoms with Crippen molar-refractivity contribution in [2.45, 2.75) is 51.6 Å². The molecule has 1 N–H and O–H groups in total. The molecule has 1 saturated carbocycles. The van der Waals surface area contributed by atoms with Crippen molar-refractivity contribution >= 4 is 11.3 Å². The summed E-state index contributed by atoms with van der Waals surface area (Å²) in [6.07, 6.45) is 5.44. The highest BCUT2D eigenvalue weighted by atomic mass is 32.1. The van der Waals surface area contributed by atoms with E-state index in [0.29, 0.717) is 5.69 Å². The summed E-state index contributed by atoms with van der Waals surface area (Å²) >= 11 is 1.47. The molecular formula is C14H20N2OS. The molecule has 0 aliphatic heterocycles. The molecule has 1 aliphatic carbocycles. The average molecular weight is 264 g/mol. The van der Waals surface area contributed by atoms with E-state index in [1.165, 1.54) is 24.2 Å².